The lowest BCUT2D eigenvalue weighted by Gasteiger charge is -2.43. The molecule has 0 unspecified atom stereocenters. The number of rotatable bonds is 7. The maximum absolute atomic E-state index is 9.95. The predicted octanol–water partition coefficient (Wildman–Crippen LogP) is 5.66. The van der Waals surface area contributed by atoms with Crippen LogP contribution in [0.1, 0.15) is 40.8 Å². The highest BCUT2D eigenvalue weighted by Crippen LogP contribution is 2.41. The van der Waals surface area contributed by atoms with E-state index >= 15 is 0 Å². The Balaban J connectivity index is 1.32. The van der Waals surface area contributed by atoms with Crippen LogP contribution in [0.3, 0.4) is 0 Å². The maximum Gasteiger partial charge on any atom is 0.0820 e. The van der Waals surface area contributed by atoms with Crippen LogP contribution in [-0.4, -0.2) is 32.9 Å². The predicted molar refractivity (Wildman–Crippen MR) is 137 cm³/mol. The molecule has 3 aromatic carbocycles. The molecule has 1 fully saturated rings. The molecule has 1 saturated heterocycles. The van der Waals surface area contributed by atoms with Gasteiger partial charge in [-0.25, -0.2) is 0 Å². The number of aliphatic hydroxyl groups is 1. The highest BCUT2D eigenvalue weighted by molar-refractivity contribution is 6.30. The summed E-state index contributed by atoms with van der Waals surface area (Å²) in [5.74, 6) is 0. The smallest absolute Gasteiger partial charge is 0.0820 e. The fraction of sp³-hybridized carbons (Fsp3) is 0.276. The third-order valence-corrected chi connectivity index (χ3v) is 7.34. The first-order valence-electron chi connectivity index (χ1n) is 11.9. The van der Waals surface area contributed by atoms with E-state index in [9.17, 15) is 5.11 Å². The van der Waals surface area contributed by atoms with Gasteiger partial charge in [0, 0.05) is 28.7 Å². The normalized spacial score (nSPS) is 15.9. The molecule has 0 saturated carbocycles. The summed E-state index contributed by atoms with van der Waals surface area (Å²) < 4.78 is 1.92. The van der Waals surface area contributed by atoms with E-state index in [1.807, 2.05) is 35.1 Å². The second-order valence-corrected chi connectivity index (χ2v) is 9.61. The molecule has 2 heterocycles. The van der Waals surface area contributed by atoms with Crippen LogP contribution in [0.2, 0.25) is 5.02 Å². The van der Waals surface area contributed by atoms with E-state index in [4.69, 9.17) is 16.7 Å². The van der Waals surface area contributed by atoms with Gasteiger partial charge in [0.15, 0.2) is 0 Å². The number of aromatic nitrogens is 2. The summed E-state index contributed by atoms with van der Waals surface area (Å²) in [4.78, 5) is 2.47. The van der Waals surface area contributed by atoms with E-state index in [0.29, 0.717) is 6.54 Å². The van der Waals surface area contributed by atoms with Gasteiger partial charge in [-0.3, -0.25) is 9.58 Å². The minimum Gasteiger partial charge on any atom is -0.392 e. The van der Waals surface area contributed by atoms with Crippen molar-refractivity contribution in [2.24, 2.45) is 0 Å². The van der Waals surface area contributed by atoms with E-state index in [0.717, 1.165) is 54.3 Å². The van der Waals surface area contributed by atoms with E-state index in [-0.39, 0.29) is 12.0 Å². The molecule has 5 heteroatoms. The highest BCUT2D eigenvalue weighted by Gasteiger charge is 2.37. The van der Waals surface area contributed by atoms with Crippen LogP contribution in [0.15, 0.2) is 91.1 Å². The zero-order chi connectivity index (χ0) is 23.4. The van der Waals surface area contributed by atoms with E-state index in [1.54, 1.807) is 0 Å². The molecule has 1 aliphatic heterocycles. The largest absolute Gasteiger partial charge is 0.392 e. The number of nitrogens with zero attached hydrogens (tertiary/aromatic N) is 3. The third-order valence-electron chi connectivity index (χ3n) is 7.09. The van der Waals surface area contributed by atoms with Gasteiger partial charge in [-0.2, -0.15) is 5.10 Å². The topological polar surface area (TPSA) is 41.3 Å². The number of aliphatic hydroxyl groups excluding tert-OH is 1. The van der Waals surface area contributed by atoms with Crippen molar-refractivity contribution in [1.82, 2.24) is 14.7 Å². The van der Waals surface area contributed by atoms with Crippen molar-refractivity contribution in [2.45, 2.75) is 38.0 Å². The standard InChI is InChI=1S/C29H30ClN3O/c30-27-13-11-23(12-14-27)19-33-20-24(22-34)28(31-33)21-32-17-15-29(16-18-32,25-7-3-1-4-8-25)26-9-5-2-6-10-26/h1-14,20,34H,15-19,21-22H2. The number of piperidine rings is 1. The van der Waals surface area contributed by atoms with Crippen LogP contribution in [0.4, 0.5) is 0 Å². The molecule has 5 rings (SSSR count). The van der Waals surface area contributed by atoms with Gasteiger partial charge in [0.2, 0.25) is 0 Å². The summed E-state index contributed by atoms with van der Waals surface area (Å²) in [7, 11) is 0. The van der Waals surface area contributed by atoms with Crippen LogP contribution in [0, 0.1) is 0 Å². The lowest BCUT2D eigenvalue weighted by atomic mass is 9.68. The third kappa shape index (κ3) is 4.80. The van der Waals surface area contributed by atoms with Gasteiger partial charge >= 0.3 is 0 Å². The van der Waals surface area contributed by atoms with Crippen molar-refractivity contribution < 1.29 is 5.11 Å². The Hall–Kier alpha value is -2.92. The Bertz CT molecular complexity index is 1160. The number of benzene rings is 3. The second kappa shape index (κ2) is 10.1. The van der Waals surface area contributed by atoms with E-state index in [1.165, 1.54) is 11.1 Å². The van der Waals surface area contributed by atoms with Crippen molar-refractivity contribution in [3.05, 3.63) is 124 Å². The average Bonchev–Trinajstić information content (AvgIpc) is 3.28. The zero-order valence-electron chi connectivity index (χ0n) is 19.3. The first kappa shape index (κ1) is 22.9. The molecule has 0 spiro atoms. The van der Waals surface area contributed by atoms with Crippen molar-refractivity contribution in [3.63, 3.8) is 0 Å². The Labute approximate surface area is 206 Å². The Morgan fingerprint density at radius 1 is 0.794 bits per heavy atom. The molecule has 1 aliphatic rings. The SMILES string of the molecule is OCc1cn(Cc2ccc(Cl)cc2)nc1CN1CCC(c2ccccc2)(c2ccccc2)CC1. The van der Waals surface area contributed by atoms with Crippen LogP contribution >= 0.6 is 11.6 Å². The maximum atomic E-state index is 9.95. The number of hydrogen-bond donors (Lipinski definition) is 1. The molecule has 174 valence electrons. The van der Waals surface area contributed by atoms with E-state index in [2.05, 4.69) is 65.6 Å². The average molecular weight is 472 g/mol. The number of halogens is 1. The molecule has 0 radical (unpaired) electrons. The Kier molecular flexibility index (Phi) is 6.82. The Morgan fingerprint density at radius 2 is 1.38 bits per heavy atom. The minimum absolute atomic E-state index is 0.00175. The fourth-order valence-corrected chi connectivity index (χ4v) is 5.31. The molecule has 4 nitrogen and oxygen atoms in total. The molecule has 0 amide bonds. The first-order valence-corrected chi connectivity index (χ1v) is 12.3. The van der Waals surface area contributed by atoms with Crippen LogP contribution in [0.5, 0.6) is 0 Å². The van der Waals surface area contributed by atoms with Gasteiger partial charge in [0.05, 0.1) is 18.8 Å². The number of hydrogen-bond acceptors (Lipinski definition) is 3. The quantitative estimate of drug-likeness (QED) is 0.378. The lowest BCUT2D eigenvalue weighted by molar-refractivity contribution is 0.169. The monoisotopic (exact) mass is 471 g/mol. The summed E-state index contributed by atoms with van der Waals surface area (Å²) in [5.41, 5.74) is 5.82. The molecular formula is C29H30ClN3O. The van der Waals surface area contributed by atoms with Gasteiger partial charge < -0.3 is 5.11 Å². The van der Waals surface area contributed by atoms with Crippen LogP contribution in [-0.2, 0) is 25.1 Å². The van der Waals surface area contributed by atoms with Crippen molar-refractivity contribution >= 4 is 11.6 Å². The first-order chi connectivity index (χ1) is 16.7. The molecule has 0 bridgehead atoms. The van der Waals surface area contributed by atoms with Gasteiger partial charge in [-0.1, -0.05) is 84.4 Å². The molecule has 0 aliphatic carbocycles. The van der Waals surface area contributed by atoms with Crippen molar-refractivity contribution in [1.29, 1.82) is 0 Å². The van der Waals surface area contributed by atoms with E-state index < -0.39 is 0 Å². The summed E-state index contributed by atoms with van der Waals surface area (Å²) in [6.07, 6.45) is 4.08. The van der Waals surface area contributed by atoms with Crippen molar-refractivity contribution in [3.8, 4) is 0 Å². The summed E-state index contributed by atoms with van der Waals surface area (Å²) in [6, 6.07) is 29.7. The van der Waals surface area contributed by atoms with Gasteiger partial charge in [0.25, 0.3) is 0 Å². The molecule has 4 aromatic rings. The molecule has 1 N–H and O–H groups in total. The Morgan fingerprint density at radius 3 is 1.94 bits per heavy atom. The summed E-state index contributed by atoms with van der Waals surface area (Å²) >= 11 is 6.01. The molecule has 0 atom stereocenters. The zero-order valence-corrected chi connectivity index (χ0v) is 20.0. The number of likely N-dealkylation sites (tertiary alicyclic amines) is 1. The van der Waals surface area contributed by atoms with Gasteiger partial charge in [0.1, 0.15) is 0 Å². The lowest BCUT2D eigenvalue weighted by Crippen LogP contribution is -2.43. The minimum atomic E-state index is 0.00175. The molecular weight excluding hydrogens is 442 g/mol. The summed E-state index contributed by atoms with van der Waals surface area (Å²) in [5, 5.41) is 15.5. The second-order valence-electron chi connectivity index (χ2n) is 9.17. The molecule has 34 heavy (non-hydrogen) atoms. The van der Waals surface area contributed by atoms with Gasteiger partial charge in [-0.15, -0.1) is 0 Å². The summed E-state index contributed by atoms with van der Waals surface area (Å²) in [6.45, 7) is 3.39. The van der Waals surface area contributed by atoms with Crippen LogP contribution in [0.25, 0.3) is 0 Å². The molecule has 1 aromatic heterocycles. The fourth-order valence-electron chi connectivity index (χ4n) is 5.19. The van der Waals surface area contributed by atoms with Crippen molar-refractivity contribution in [2.75, 3.05) is 13.1 Å². The van der Waals surface area contributed by atoms with Gasteiger partial charge in [-0.05, 0) is 54.8 Å². The highest BCUT2D eigenvalue weighted by atomic mass is 35.5. The van der Waals surface area contributed by atoms with Crippen LogP contribution < -0.4 is 0 Å².